The molecule has 0 atom stereocenters. The Kier molecular flexibility index (Phi) is 5.45. The van der Waals surface area contributed by atoms with E-state index in [0.29, 0.717) is 12.2 Å². The second kappa shape index (κ2) is 7.33. The molecule has 0 spiro atoms. The molecule has 2 aromatic rings. The lowest BCUT2D eigenvalue weighted by Crippen LogP contribution is -2.27. The highest BCUT2D eigenvalue weighted by Crippen LogP contribution is 2.13. The standard InChI is InChI=1S/C18H24N2O3/c1-13-5-10-16(22-13)12-19-11-14-6-8-15(9-7-14)20-17(21)23-18(2,3)4/h5-10,19H,11-12H2,1-4H3,(H,20,21). The summed E-state index contributed by atoms with van der Waals surface area (Å²) < 4.78 is 10.7. The van der Waals surface area contributed by atoms with Crippen LogP contribution in [0.4, 0.5) is 10.5 Å². The third kappa shape index (κ3) is 6.16. The predicted molar refractivity (Wildman–Crippen MR) is 90.3 cm³/mol. The van der Waals surface area contributed by atoms with Gasteiger partial charge in [0.1, 0.15) is 17.1 Å². The molecule has 0 aliphatic carbocycles. The van der Waals surface area contributed by atoms with Crippen molar-refractivity contribution in [3.05, 3.63) is 53.5 Å². The quantitative estimate of drug-likeness (QED) is 0.866. The maximum absolute atomic E-state index is 11.7. The van der Waals surface area contributed by atoms with Crippen LogP contribution in [-0.2, 0) is 17.8 Å². The van der Waals surface area contributed by atoms with E-state index in [2.05, 4.69) is 10.6 Å². The molecule has 0 saturated carbocycles. The maximum atomic E-state index is 11.7. The van der Waals surface area contributed by atoms with Crippen molar-refractivity contribution in [3.63, 3.8) is 0 Å². The monoisotopic (exact) mass is 316 g/mol. The molecule has 0 fully saturated rings. The van der Waals surface area contributed by atoms with Crippen LogP contribution in [0.2, 0.25) is 0 Å². The van der Waals surface area contributed by atoms with E-state index in [0.717, 1.165) is 23.6 Å². The summed E-state index contributed by atoms with van der Waals surface area (Å²) in [6, 6.07) is 11.6. The van der Waals surface area contributed by atoms with Crippen molar-refractivity contribution < 1.29 is 13.9 Å². The zero-order valence-electron chi connectivity index (χ0n) is 14.1. The van der Waals surface area contributed by atoms with Crippen molar-refractivity contribution >= 4 is 11.8 Å². The highest BCUT2D eigenvalue weighted by atomic mass is 16.6. The molecule has 2 N–H and O–H groups in total. The first-order valence-corrected chi connectivity index (χ1v) is 7.67. The lowest BCUT2D eigenvalue weighted by molar-refractivity contribution is 0.0636. The highest BCUT2D eigenvalue weighted by Gasteiger charge is 2.15. The Hall–Kier alpha value is -2.27. The average Bonchev–Trinajstić information content (AvgIpc) is 2.84. The number of rotatable bonds is 5. The third-order valence-corrected chi connectivity index (χ3v) is 3.02. The Morgan fingerprint density at radius 2 is 1.78 bits per heavy atom. The van der Waals surface area contributed by atoms with E-state index in [1.165, 1.54) is 0 Å². The van der Waals surface area contributed by atoms with Gasteiger partial charge >= 0.3 is 6.09 Å². The molecule has 1 amide bonds. The van der Waals surface area contributed by atoms with Gasteiger partial charge < -0.3 is 14.5 Å². The summed E-state index contributed by atoms with van der Waals surface area (Å²) in [4.78, 5) is 11.7. The Labute approximate surface area is 137 Å². The fraction of sp³-hybridized carbons (Fsp3) is 0.389. The van der Waals surface area contributed by atoms with E-state index in [-0.39, 0.29) is 0 Å². The van der Waals surface area contributed by atoms with E-state index in [9.17, 15) is 4.79 Å². The predicted octanol–water partition coefficient (Wildman–Crippen LogP) is 4.22. The average molecular weight is 316 g/mol. The normalized spacial score (nSPS) is 11.3. The van der Waals surface area contributed by atoms with Crippen molar-refractivity contribution in [2.24, 2.45) is 0 Å². The Morgan fingerprint density at radius 3 is 2.35 bits per heavy atom. The number of carbonyl (C=O) groups is 1. The number of hydrogen-bond acceptors (Lipinski definition) is 4. The SMILES string of the molecule is Cc1ccc(CNCc2ccc(NC(=O)OC(C)(C)C)cc2)o1. The smallest absolute Gasteiger partial charge is 0.412 e. The Balaban J connectivity index is 1.79. The second-order valence-corrected chi connectivity index (χ2v) is 6.44. The number of ether oxygens (including phenoxy) is 1. The first kappa shape index (κ1) is 17.1. The number of hydrogen-bond donors (Lipinski definition) is 2. The number of benzene rings is 1. The molecule has 1 aromatic heterocycles. The van der Waals surface area contributed by atoms with Crippen molar-refractivity contribution in [2.75, 3.05) is 5.32 Å². The third-order valence-electron chi connectivity index (χ3n) is 3.02. The van der Waals surface area contributed by atoms with Gasteiger partial charge in [-0.15, -0.1) is 0 Å². The molecule has 5 nitrogen and oxygen atoms in total. The van der Waals surface area contributed by atoms with Crippen LogP contribution in [-0.4, -0.2) is 11.7 Å². The van der Waals surface area contributed by atoms with Gasteiger partial charge in [-0.2, -0.15) is 0 Å². The number of amides is 1. The fourth-order valence-electron chi connectivity index (χ4n) is 2.04. The van der Waals surface area contributed by atoms with Crippen molar-refractivity contribution in [1.29, 1.82) is 0 Å². The van der Waals surface area contributed by atoms with Crippen LogP contribution in [0.15, 0.2) is 40.8 Å². The van der Waals surface area contributed by atoms with Crippen molar-refractivity contribution in [1.82, 2.24) is 5.32 Å². The maximum Gasteiger partial charge on any atom is 0.412 e. The molecule has 1 heterocycles. The molecule has 0 saturated heterocycles. The lowest BCUT2D eigenvalue weighted by Gasteiger charge is -2.19. The number of furan rings is 1. The van der Waals surface area contributed by atoms with Crippen LogP contribution in [0.5, 0.6) is 0 Å². The summed E-state index contributed by atoms with van der Waals surface area (Å²) in [5.74, 6) is 1.84. The molecule has 0 radical (unpaired) electrons. The minimum atomic E-state index is -0.502. The number of carbonyl (C=O) groups excluding carboxylic acids is 1. The molecular weight excluding hydrogens is 292 g/mol. The highest BCUT2D eigenvalue weighted by molar-refractivity contribution is 5.84. The van der Waals surface area contributed by atoms with E-state index in [4.69, 9.17) is 9.15 Å². The minimum absolute atomic E-state index is 0.448. The largest absolute Gasteiger partial charge is 0.465 e. The van der Waals surface area contributed by atoms with Crippen LogP contribution in [0.1, 0.15) is 37.9 Å². The van der Waals surface area contributed by atoms with E-state index in [1.54, 1.807) is 0 Å². The van der Waals surface area contributed by atoms with Crippen molar-refractivity contribution in [3.8, 4) is 0 Å². The van der Waals surface area contributed by atoms with Crippen LogP contribution in [0.25, 0.3) is 0 Å². The Bertz CT molecular complexity index is 639. The summed E-state index contributed by atoms with van der Waals surface area (Å²) in [6.07, 6.45) is -0.448. The molecule has 1 aromatic carbocycles. The van der Waals surface area contributed by atoms with Gasteiger partial charge in [-0.3, -0.25) is 5.32 Å². The van der Waals surface area contributed by atoms with Gasteiger partial charge in [-0.1, -0.05) is 12.1 Å². The summed E-state index contributed by atoms with van der Waals surface area (Å²) in [6.45, 7) is 8.85. The number of aryl methyl sites for hydroxylation is 1. The number of anilines is 1. The fourth-order valence-corrected chi connectivity index (χ4v) is 2.04. The molecular formula is C18H24N2O3. The molecule has 0 unspecified atom stereocenters. The van der Waals surface area contributed by atoms with Crippen molar-refractivity contribution in [2.45, 2.75) is 46.4 Å². The molecule has 5 heteroatoms. The first-order valence-electron chi connectivity index (χ1n) is 7.67. The molecule has 124 valence electrons. The minimum Gasteiger partial charge on any atom is -0.465 e. The summed E-state index contributed by atoms with van der Waals surface area (Å²) in [5, 5.41) is 6.03. The summed E-state index contributed by atoms with van der Waals surface area (Å²) in [5.41, 5.74) is 1.34. The topological polar surface area (TPSA) is 63.5 Å². The molecule has 0 aliphatic heterocycles. The summed E-state index contributed by atoms with van der Waals surface area (Å²) >= 11 is 0. The first-order chi connectivity index (χ1) is 10.8. The summed E-state index contributed by atoms with van der Waals surface area (Å²) in [7, 11) is 0. The van der Waals surface area contributed by atoms with Gasteiger partial charge in [0.15, 0.2) is 0 Å². The van der Waals surface area contributed by atoms with Crippen LogP contribution < -0.4 is 10.6 Å². The van der Waals surface area contributed by atoms with Gasteiger partial charge in [0.25, 0.3) is 0 Å². The second-order valence-electron chi connectivity index (χ2n) is 6.44. The van der Waals surface area contributed by atoms with E-state index < -0.39 is 11.7 Å². The molecule has 23 heavy (non-hydrogen) atoms. The Morgan fingerprint density at radius 1 is 1.09 bits per heavy atom. The van der Waals surface area contributed by atoms with E-state index in [1.807, 2.05) is 64.1 Å². The van der Waals surface area contributed by atoms with Gasteiger partial charge in [0.2, 0.25) is 0 Å². The van der Waals surface area contributed by atoms with Crippen LogP contribution in [0, 0.1) is 6.92 Å². The molecule has 2 rings (SSSR count). The zero-order valence-corrected chi connectivity index (χ0v) is 14.1. The van der Waals surface area contributed by atoms with Gasteiger partial charge in [-0.05, 0) is 57.5 Å². The van der Waals surface area contributed by atoms with Crippen LogP contribution in [0.3, 0.4) is 0 Å². The van der Waals surface area contributed by atoms with Crippen LogP contribution >= 0.6 is 0 Å². The van der Waals surface area contributed by atoms with E-state index >= 15 is 0 Å². The van der Waals surface area contributed by atoms with Gasteiger partial charge in [0.05, 0.1) is 6.54 Å². The van der Waals surface area contributed by atoms with Gasteiger partial charge in [-0.25, -0.2) is 4.79 Å². The number of nitrogens with one attached hydrogen (secondary N) is 2. The zero-order chi connectivity index (χ0) is 16.9. The molecule has 0 bridgehead atoms. The van der Waals surface area contributed by atoms with Gasteiger partial charge in [0, 0.05) is 12.2 Å². The lowest BCUT2D eigenvalue weighted by atomic mass is 10.2. The molecule has 0 aliphatic rings.